The molecule has 12 nitrogen and oxygen atoms in total. The van der Waals surface area contributed by atoms with Crippen LogP contribution in [0.2, 0.25) is 0 Å². The largest absolute Gasteiger partial charge is 0.507 e. The molecular formula is C38H32N2O10. The molecule has 0 bridgehead atoms. The van der Waals surface area contributed by atoms with Crippen molar-refractivity contribution in [1.29, 1.82) is 0 Å². The monoisotopic (exact) mass is 676 g/mol. The van der Waals surface area contributed by atoms with Crippen molar-refractivity contribution in [3.05, 3.63) is 143 Å². The standard InChI is InChI=1S/C38H32N2O10/c1-47-37(45)27-17-25(13-15-31(27)41)39-35(43)29-19-34(50-22-24-11-7-4-8-12-24)30(20-33(29)49-21-23-9-5-3-6-10-23)36(44)40-26-14-16-32(42)28(18-26)38(46)48-2/h3-20,41-42H,21-22H2,1-2H3,(H,39,43)(H,40,44). The van der Waals surface area contributed by atoms with Crippen LogP contribution >= 0.6 is 0 Å². The molecule has 12 heteroatoms. The number of esters is 2. The number of phenols is 2. The molecule has 0 saturated carbocycles. The summed E-state index contributed by atoms with van der Waals surface area (Å²) < 4.78 is 21.7. The molecule has 0 atom stereocenters. The van der Waals surface area contributed by atoms with E-state index in [0.717, 1.165) is 25.3 Å². The second kappa shape index (κ2) is 15.8. The van der Waals surface area contributed by atoms with E-state index in [4.69, 9.17) is 18.9 Å². The average molecular weight is 677 g/mol. The molecule has 4 N–H and O–H groups in total. The minimum atomic E-state index is -0.801. The van der Waals surface area contributed by atoms with E-state index in [2.05, 4.69) is 10.6 Å². The Balaban J connectivity index is 1.56. The fourth-order valence-electron chi connectivity index (χ4n) is 4.80. The van der Waals surface area contributed by atoms with Gasteiger partial charge in [-0.3, -0.25) is 9.59 Å². The van der Waals surface area contributed by atoms with Crippen molar-refractivity contribution >= 4 is 35.1 Å². The van der Waals surface area contributed by atoms with Gasteiger partial charge in [0.1, 0.15) is 47.3 Å². The van der Waals surface area contributed by atoms with Gasteiger partial charge in [0.25, 0.3) is 11.8 Å². The zero-order chi connectivity index (χ0) is 35.6. The Hall–Kier alpha value is -6.82. The zero-order valence-corrected chi connectivity index (χ0v) is 27.0. The molecule has 5 aromatic rings. The summed E-state index contributed by atoms with van der Waals surface area (Å²) >= 11 is 0. The van der Waals surface area contributed by atoms with E-state index in [9.17, 15) is 29.4 Å². The predicted octanol–water partition coefficient (Wildman–Crippen LogP) is 6.33. The van der Waals surface area contributed by atoms with Gasteiger partial charge in [0, 0.05) is 11.4 Å². The topological polar surface area (TPSA) is 170 Å². The van der Waals surface area contributed by atoms with E-state index in [1.807, 2.05) is 60.7 Å². The SMILES string of the molecule is COC(=O)c1cc(NC(=O)c2cc(OCc3ccccc3)c(C(=O)Nc3ccc(O)c(C(=O)OC)c3)cc2OCc2ccccc2)ccc1O. The van der Waals surface area contributed by atoms with Crippen molar-refractivity contribution in [2.75, 3.05) is 24.9 Å². The molecule has 0 heterocycles. The van der Waals surface area contributed by atoms with Crippen molar-refractivity contribution in [2.45, 2.75) is 13.2 Å². The summed E-state index contributed by atoms with van der Waals surface area (Å²) in [4.78, 5) is 52.0. The number of nitrogens with one attached hydrogen (secondary N) is 2. The number of carbonyl (C=O) groups is 4. The zero-order valence-electron chi connectivity index (χ0n) is 27.0. The van der Waals surface area contributed by atoms with Crippen molar-refractivity contribution in [2.24, 2.45) is 0 Å². The maximum atomic E-state index is 13.8. The molecule has 0 radical (unpaired) electrons. The van der Waals surface area contributed by atoms with E-state index in [-0.39, 0.29) is 69.8 Å². The van der Waals surface area contributed by atoms with Crippen LogP contribution in [0.5, 0.6) is 23.0 Å². The highest BCUT2D eigenvalue weighted by molar-refractivity contribution is 6.11. The summed E-state index contributed by atoms with van der Waals surface area (Å²) in [5, 5.41) is 25.7. The molecule has 0 unspecified atom stereocenters. The van der Waals surface area contributed by atoms with Crippen LogP contribution in [-0.2, 0) is 22.7 Å². The average Bonchev–Trinajstić information content (AvgIpc) is 3.14. The Morgan fingerprint density at radius 3 is 1.26 bits per heavy atom. The normalized spacial score (nSPS) is 10.4. The van der Waals surface area contributed by atoms with Gasteiger partial charge in [-0.15, -0.1) is 0 Å². The fourth-order valence-corrected chi connectivity index (χ4v) is 4.80. The number of rotatable bonds is 12. The van der Waals surface area contributed by atoms with E-state index < -0.39 is 23.8 Å². The van der Waals surface area contributed by atoms with E-state index in [0.29, 0.717) is 0 Å². The van der Waals surface area contributed by atoms with Gasteiger partial charge in [-0.2, -0.15) is 0 Å². The number of hydrogen-bond donors (Lipinski definition) is 4. The molecule has 0 aliphatic rings. The Bertz CT molecular complexity index is 1880. The smallest absolute Gasteiger partial charge is 0.341 e. The lowest BCUT2D eigenvalue weighted by molar-refractivity contribution is 0.0588. The van der Waals surface area contributed by atoms with Crippen LogP contribution in [-0.4, -0.2) is 48.2 Å². The first-order valence-corrected chi connectivity index (χ1v) is 15.1. The maximum Gasteiger partial charge on any atom is 0.341 e. The molecule has 50 heavy (non-hydrogen) atoms. The van der Waals surface area contributed by atoms with Crippen LogP contribution < -0.4 is 20.1 Å². The van der Waals surface area contributed by atoms with Gasteiger partial charge in [-0.1, -0.05) is 60.7 Å². The van der Waals surface area contributed by atoms with E-state index in [1.54, 1.807) is 0 Å². The third-order valence-electron chi connectivity index (χ3n) is 7.36. The van der Waals surface area contributed by atoms with Crippen LogP contribution in [0.15, 0.2) is 109 Å². The third kappa shape index (κ3) is 8.36. The van der Waals surface area contributed by atoms with Gasteiger partial charge in [0.15, 0.2) is 0 Å². The molecule has 0 aromatic heterocycles. The lowest BCUT2D eigenvalue weighted by atomic mass is 10.1. The highest BCUT2D eigenvalue weighted by atomic mass is 16.5. The number of hydrogen-bond acceptors (Lipinski definition) is 10. The number of amides is 2. The molecule has 5 aromatic carbocycles. The Kier molecular flexibility index (Phi) is 10.9. The Labute approximate surface area is 286 Å². The number of ether oxygens (including phenoxy) is 4. The van der Waals surface area contributed by atoms with Crippen LogP contribution in [0, 0.1) is 0 Å². The number of carbonyl (C=O) groups excluding carboxylic acids is 4. The first-order chi connectivity index (χ1) is 24.2. The molecule has 0 spiro atoms. The van der Waals surface area contributed by atoms with Crippen LogP contribution in [0.25, 0.3) is 0 Å². The molecule has 0 aliphatic carbocycles. The first-order valence-electron chi connectivity index (χ1n) is 15.1. The number of phenolic OH excluding ortho intramolecular Hbond substituents is 2. The van der Waals surface area contributed by atoms with E-state index >= 15 is 0 Å². The predicted molar refractivity (Wildman–Crippen MR) is 183 cm³/mol. The quantitative estimate of drug-likeness (QED) is 0.0865. The molecule has 0 aliphatic heterocycles. The molecule has 0 saturated heterocycles. The van der Waals surface area contributed by atoms with Crippen molar-refractivity contribution < 1.29 is 48.3 Å². The highest BCUT2D eigenvalue weighted by Crippen LogP contribution is 2.33. The number of anilines is 2. The molecule has 5 rings (SSSR count). The molecule has 2 amide bonds. The summed E-state index contributed by atoms with van der Waals surface area (Å²) in [5.74, 6) is -3.57. The van der Waals surface area contributed by atoms with Crippen LogP contribution in [0.1, 0.15) is 52.6 Å². The van der Waals surface area contributed by atoms with Crippen molar-refractivity contribution in [3.8, 4) is 23.0 Å². The second-order valence-electron chi connectivity index (χ2n) is 10.7. The number of methoxy groups -OCH3 is 2. The summed E-state index contributed by atoms with van der Waals surface area (Å²) in [6.07, 6.45) is 0. The highest BCUT2D eigenvalue weighted by Gasteiger charge is 2.24. The van der Waals surface area contributed by atoms with E-state index in [1.165, 1.54) is 48.5 Å². The minimum Gasteiger partial charge on any atom is -0.507 e. The van der Waals surface area contributed by atoms with Gasteiger partial charge in [0.2, 0.25) is 0 Å². The first kappa shape index (κ1) is 34.5. The molecule has 0 fully saturated rings. The third-order valence-corrected chi connectivity index (χ3v) is 7.36. The van der Waals surface area contributed by atoms with Gasteiger partial charge < -0.3 is 39.8 Å². The van der Waals surface area contributed by atoms with Crippen LogP contribution in [0.4, 0.5) is 11.4 Å². The minimum absolute atomic E-state index is 0.00848. The van der Waals surface area contributed by atoms with Gasteiger partial charge >= 0.3 is 11.9 Å². The summed E-state index contributed by atoms with van der Waals surface area (Å²) in [6.45, 7) is 0.0805. The summed E-state index contributed by atoms with van der Waals surface area (Å²) in [7, 11) is 2.33. The van der Waals surface area contributed by atoms with Crippen LogP contribution in [0.3, 0.4) is 0 Å². The van der Waals surface area contributed by atoms with Gasteiger partial charge in [0.05, 0.1) is 25.3 Å². The molecule has 254 valence electrons. The lowest BCUT2D eigenvalue weighted by Crippen LogP contribution is -2.18. The van der Waals surface area contributed by atoms with Gasteiger partial charge in [-0.05, 0) is 59.7 Å². The second-order valence-corrected chi connectivity index (χ2v) is 10.7. The maximum absolute atomic E-state index is 13.8. The van der Waals surface area contributed by atoms with Crippen molar-refractivity contribution in [1.82, 2.24) is 0 Å². The number of aromatic hydroxyl groups is 2. The van der Waals surface area contributed by atoms with Crippen molar-refractivity contribution in [3.63, 3.8) is 0 Å². The van der Waals surface area contributed by atoms with Gasteiger partial charge in [-0.25, -0.2) is 9.59 Å². The lowest BCUT2D eigenvalue weighted by Gasteiger charge is -2.18. The summed E-state index contributed by atoms with van der Waals surface area (Å²) in [6, 6.07) is 28.9. The molecular weight excluding hydrogens is 644 g/mol. The fraction of sp³-hybridized carbons (Fsp3) is 0.105. The number of benzene rings is 5. The Morgan fingerprint density at radius 1 is 0.520 bits per heavy atom. The summed E-state index contributed by atoms with van der Waals surface area (Å²) in [5.41, 5.74) is 1.58. The Morgan fingerprint density at radius 2 is 0.900 bits per heavy atom.